The normalized spacial score (nSPS) is 24.1. The number of carboxylic acid groups (broad SMARTS) is 1. The Labute approximate surface area is 132 Å². The van der Waals surface area contributed by atoms with E-state index in [0.29, 0.717) is 5.57 Å². The average molecular weight is 330 g/mol. The number of rotatable bonds is 5. The summed E-state index contributed by atoms with van der Waals surface area (Å²) < 4.78 is 11.8. The fourth-order valence-corrected chi connectivity index (χ4v) is 3.56. The van der Waals surface area contributed by atoms with Gasteiger partial charge in [-0.3, -0.25) is 19.3 Å². The molecule has 120 valence electrons. The molecule has 0 saturated carbocycles. The fourth-order valence-electron chi connectivity index (χ4n) is 2.23. The summed E-state index contributed by atoms with van der Waals surface area (Å²) in [6.07, 6.45) is -0.0134. The standard InChI is InChI=1S/C13H16N2O6S/c1-3-8(17)14-9-11(18)15-10(13(19)20)7(4-21-6(2)16)5-22-12(9)15/h9,12H,3-5H2,1-2H3,(H,14,17)(H,19,20)/t9-,12-/m1/s1/i1T. The molecule has 0 bridgehead atoms. The van der Waals surface area contributed by atoms with Gasteiger partial charge in [0, 0.05) is 26.0 Å². The fraction of sp³-hybridized carbons (Fsp3) is 0.538. The molecule has 1 fully saturated rings. The molecule has 22 heavy (non-hydrogen) atoms. The van der Waals surface area contributed by atoms with Crippen LogP contribution in [0.25, 0.3) is 0 Å². The Morgan fingerprint density at radius 2 is 2.27 bits per heavy atom. The van der Waals surface area contributed by atoms with Crippen LogP contribution in [0.3, 0.4) is 0 Å². The molecular weight excluding hydrogens is 312 g/mol. The summed E-state index contributed by atoms with van der Waals surface area (Å²) in [5, 5.41) is 11.4. The van der Waals surface area contributed by atoms with E-state index in [2.05, 4.69) is 5.32 Å². The number of β-lactam (4-membered cyclic amide) rings is 1. The predicted molar refractivity (Wildman–Crippen MR) is 76.6 cm³/mol. The van der Waals surface area contributed by atoms with Crippen molar-refractivity contribution in [2.24, 2.45) is 0 Å². The third-order valence-corrected chi connectivity index (χ3v) is 4.58. The van der Waals surface area contributed by atoms with E-state index in [1.807, 2.05) is 0 Å². The first kappa shape index (κ1) is 14.9. The quantitative estimate of drug-likeness (QED) is 0.525. The summed E-state index contributed by atoms with van der Waals surface area (Å²) in [5.74, 6) is -2.45. The molecule has 0 spiro atoms. The van der Waals surface area contributed by atoms with Gasteiger partial charge < -0.3 is 15.2 Å². The molecule has 2 atom stereocenters. The molecule has 2 aliphatic heterocycles. The van der Waals surface area contributed by atoms with Gasteiger partial charge in [0.1, 0.15) is 23.7 Å². The minimum absolute atomic E-state index is 0.0134. The molecule has 2 aliphatic rings. The molecular formula is C13H16N2O6S. The van der Waals surface area contributed by atoms with Gasteiger partial charge in [-0.1, -0.05) is 6.90 Å². The molecule has 1 saturated heterocycles. The number of aliphatic carboxylic acids is 1. The summed E-state index contributed by atoms with van der Waals surface area (Å²) in [6.45, 7) is 0.948. The van der Waals surface area contributed by atoms with Crippen LogP contribution in [-0.4, -0.2) is 57.5 Å². The second-order valence-corrected chi connectivity index (χ2v) is 5.85. The Morgan fingerprint density at radius 3 is 2.86 bits per heavy atom. The lowest BCUT2D eigenvalue weighted by atomic mass is 10.0. The highest BCUT2D eigenvalue weighted by Gasteiger charge is 2.54. The maximum absolute atomic E-state index is 12.2. The van der Waals surface area contributed by atoms with Crippen molar-refractivity contribution < 1.29 is 30.4 Å². The first-order chi connectivity index (χ1) is 10.9. The van der Waals surface area contributed by atoms with E-state index >= 15 is 0 Å². The molecule has 0 aromatic carbocycles. The van der Waals surface area contributed by atoms with Crippen LogP contribution in [0.1, 0.15) is 21.6 Å². The topological polar surface area (TPSA) is 113 Å². The van der Waals surface area contributed by atoms with Crippen molar-refractivity contribution in [2.45, 2.75) is 31.7 Å². The smallest absolute Gasteiger partial charge is 0.352 e. The van der Waals surface area contributed by atoms with Crippen LogP contribution in [0.5, 0.6) is 0 Å². The third kappa shape index (κ3) is 2.94. The van der Waals surface area contributed by atoms with Crippen LogP contribution in [0.4, 0.5) is 0 Å². The number of hydrogen-bond acceptors (Lipinski definition) is 6. The number of carbonyl (C=O) groups excluding carboxylic acids is 3. The first-order valence-electron chi connectivity index (χ1n) is 7.19. The monoisotopic (exact) mass is 330 g/mol. The second kappa shape index (κ2) is 6.39. The average Bonchev–Trinajstić information content (AvgIpc) is 2.49. The lowest BCUT2D eigenvalue weighted by Crippen LogP contribution is -2.70. The number of hydrogen-bond donors (Lipinski definition) is 2. The third-order valence-electron chi connectivity index (χ3n) is 3.24. The van der Waals surface area contributed by atoms with Crippen LogP contribution in [0, 0.1) is 0 Å². The van der Waals surface area contributed by atoms with E-state index in [9.17, 15) is 24.3 Å². The highest BCUT2D eigenvalue weighted by molar-refractivity contribution is 8.00. The van der Waals surface area contributed by atoms with Crippen LogP contribution in [-0.2, 0) is 23.9 Å². The van der Waals surface area contributed by atoms with Gasteiger partial charge in [0.2, 0.25) is 5.91 Å². The number of carbonyl (C=O) groups is 4. The minimum atomic E-state index is -1.28. The maximum atomic E-state index is 12.2. The molecule has 0 radical (unpaired) electrons. The van der Waals surface area contributed by atoms with Crippen molar-refractivity contribution in [2.75, 3.05) is 12.4 Å². The Kier molecular flexibility index (Phi) is 4.32. The Bertz CT molecular complexity index is 593. The van der Waals surface area contributed by atoms with Gasteiger partial charge in [-0.2, -0.15) is 0 Å². The Hall–Kier alpha value is -2.03. The van der Waals surface area contributed by atoms with Gasteiger partial charge in [-0.25, -0.2) is 4.79 Å². The molecule has 0 aromatic heterocycles. The lowest BCUT2D eigenvalue weighted by Gasteiger charge is -2.49. The van der Waals surface area contributed by atoms with Crippen LogP contribution in [0.15, 0.2) is 11.3 Å². The van der Waals surface area contributed by atoms with Gasteiger partial charge in [0.15, 0.2) is 0 Å². The van der Waals surface area contributed by atoms with E-state index in [0.717, 1.165) is 4.90 Å². The largest absolute Gasteiger partial charge is 0.477 e. The second-order valence-electron chi connectivity index (χ2n) is 4.74. The molecule has 0 aliphatic carbocycles. The molecule has 0 aromatic rings. The minimum Gasteiger partial charge on any atom is -0.477 e. The van der Waals surface area contributed by atoms with E-state index in [1.54, 1.807) is 0 Å². The Balaban J connectivity index is 2.14. The lowest BCUT2D eigenvalue weighted by molar-refractivity contribution is -0.151. The number of ether oxygens (including phenoxy) is 1. The van der Waals surface area contributed by atoms with E-state index in [4.69, 9.17) is 6.11 Å². The van der Waals surface area contributed by atoms with Gasteiger partial charge in [0.25, 0.3) is 5.91 Å². The summed E-state index contributed by atoms with van der Waals surface area (Å²) in [4.78, 5) is 47.2. The van der Waals surface area contributed by atoms with Crippen LogP contribution in [0.2, 0.25) is 0 Å². The van der Waals surface area contributed by atoms with Crippen molar-refractivity contribution in [1.82, 2.24) is 10.2 Å². The van der Waals surface area contributed by atoms with Crippen molar-refractivity contribution in [3.8, 4) is 0 Å². The van der Waals surface area contributed by atoms with Gasteiger partial charge in [-0.15, -0.1) is 11.8 Å². The van der Waals surface area contributed by atoms with E-state index in [-0.39, 0.29) is 31.4 Å². The molecule has 2 rings (SSSR count). The number of nitrogens with zero attached hydrogens (tertiary/aromatic N) is 1. The highest BCUT2D eigenvalue weighted by atomic mass is 32.2. The Morgan fingerprint density at radius 1 is 1.55 bits per heavy atom. The van der Waals surface area contributed by atoms with E-state index in [1.165, 1.54) is 18.7 Å². The van der Waals surface area contributed by atoms with Crippen molar-refractivity contribution in [3.05, 3.63) is 11.3 Å². The number of esters is 1. The molecule has 2 N–H and O–H groups in total. The summed E-state index contributed by atoms with van der Waals surface area (Å²) >= 11 is 1.30. The zero-order valence-electron chi connectivity index (χ0n) is 12.8. The van der Waals surface area contributed by atoms with Gasteiger partial charge >= 0.3 is 11.9 Å². The molecule has 0 unspecified atom stereocenters. The molecule has 9 heteroatoms. The molecule has 2 heterocycles. The zero-order valence-corrected chi connectivity index (χ0v) is 12.6. The van der Waals surface area contributed by atoms with Gasteiger partial charge in [-0.05, 0) is 0 Å². The van der Waals surface area contributed by atoms with E-state index < -0.39 is 35.2 Å². The van der Waals surface area contributed by atoms with Crippen molar-refractivity contribution in [1.29, 1.82) is 0 Å². The zero-order chi connectivity index (χ0) is 17.1. The predicted octanol–water partition coefficient (Wildman–Crippen LogP) is -0.302. The first-order valence-corrected chi connectivity index (χ1v) is 7.53. The number of carboxylic acids is 1. The molecule has 2 amide bonds. The number of amides is 2. The maximum Gasteiger partial charge on any atom is 0.352 e. The van der Waals surface area contributed by atoms with Crippen LogP contribution < -0.4 is 5.32 Å². The highest BCUT2D eigenvalue weighted by Crippen LogP contribution is 2.40. The summed E-state index contributed by atoms with van der Waals surface area (Å²) in [6, 6.07) is -0.788. The van der Waals surface area contributed by atoms with Crippen LogP contribution >= 0.6 is 11.8 Å². The summed E-state index contributed by atoms with van der Waals surface area (Å²) in [5.41, 5.74) is 0.157. The number of thioether (sulfide) groups is 1. The van der Waals surface area contributed by atoms with Crippen molar-refractivity contribution >= 4 is 35.5 Å². The van der Waals surface area contributed by atoms with Crippen molar-refractivity contribution in [3.63, 3.8) is 0 Å². The summed E-state index contributed by atoms with van der Waals surface area (Å²) in [7, 11) is 0. The SMILES string of the molecule is [3H]CCC(=O)N[C@@H]1C(=O)N2C(C(=O)O)=C(COC(C)=O)CS[C@H]12. The molecule has 8 nitrogen and oxygen atoms in total. The van der Waals surface area contributed by atoms with Gasteiger partial charge in [0.05, 0.1) is 0 Å². The number of nitrogens with one attached hydrogen (secondary N) is 1. The number of fused-ring (bicyclic) bond motifs is 1.